The normalized spacial score (nSPS) is 13.5. The van der Waals surface area contributed by atoms with Gasteiger partial charge in [0.05, 0.1) is 13.2 Å². The van der Waals surface area contributed by atoms with Crippen molar-refractivity contribution in [2.45, 2.75) is 27.1 Å². The van der Waals surface area contributed by atoms with Crippen LogP contribution in [0.4, 0.5) is 0 Å². The molecule has 1 aromatic carbocycles. The molecule has 1 heterocycles. The number of ketones is 1. The number of carbonyl (C=O) groups is 1. The van der Waals surface area contributed by atoms with Crippen molar-refractivity contribution in [2.24, 2.45) is 0 Å². The van der Waals surface area contributed by atoms with Gasteiger partial charge in [-0.15, -0.1) is 0 Å². The van der Waals surface area contributed by atoms with Gasteiger partial charge in [0.25, 0.3) is 0 Å². The molecule has 0 aromatic heterocycles. The topological polar surface area (TPSA) is 26.3 Å². The Balaban J connectivity index is 2.31. The quantitative estimate of drug-likeness (QED) is 0.544. The Morgan fingerprint density at radius 3 is 2.73 bits per heavy atom. The number of hydrogen-bond donors (Lipinski definition) is 0. The molecule has 0 N–H and O–H groups in total. The standard InChI is InChI=1S/C13H14O2/c1-9(2)5-13(14)10-3-4-11-7-15-8-12(11)6-10/h3-6H,7-8H2,1-2H3. The molecule has 0 spiro atoms. The van der Waals surface area contributed by atoms with Gasteiger partial charge in [0.1, 0.15) is 0 Å². The van der Waals surface area contributed by atoms with Crippen molar-refractivity contribution >= 4 is 5.78 Å². The molecule has 0 atom stereocenters. The van der Waals surface area contributed by atoms with Crippen LogP contribution in [-0.4, -0.2) is 5.78 Å². The average Bonchev–Trinajstić information content (AvgIpc) is 2.62. The van der Waals surface area contributed by atoms with Gasteiger partial charge in [0.2, 0.25) is 0 Å². The third kappa shape index (κ3) is 2.16. The molecule has 0 radical (unpaired) electrons. The fourth-order valence-corrected chi connectivity index (χ4v) is 1.67. The predicted octanol–water partition coefficient (Wildman–Crippen LogP) is 2.87. The van der Waals surface area contributed by atoms with Gasteiger partial charge >= 0.3 is 0 Å². The fourth-order valence-electron chi connectivity index (χ4n) is 1.67. The molecule has 2 nitrogen and oxygen atoms in total. The van der Waals surface area contributed by atoms with E-state index in [0.717, 1.165) is 16.7 Å². The number of carbonyl (C=O) groups excluding carboxylic acids is 1. The lowest BCUT2D eigenvalue weighted by Crippen LogP contribution is -1.96. The van der Waals surface area contributed by atoms with Crippen LogP contribution in [0.3, 0.4) is 0 Å². The highest BCUT2D eigenvalue weighted by atomic mass is 16.5. The zero-order valence-electron chi connectivity index (χ0n) is 9.04. The number of allylic oxidation sites excluding steroid dienone is 2. The second-order valence-corrected chi connectivity index (χ2v) is 4.06. The summed E-state index contributed by atoms with van der Waals surface area (Å²) in [4.78, 5) is 11.7. The second kappa shape index (κ2) is 3.99. The molecule has 0 fully saturated rings. The van der Waals surface area contributed by atoms with Crippen LogP contribution in [-0.2, 0) is 18.0 Å². The maximum absolute atomic E-state index is 11.7. The molecule has 2 heteroatoms. The minimum atomic E-state index is 0.0738. The Labute approximate surface area is 89.6 Å². The SMILES string of the molecule is CC(C)=CC(=O)c1ccc2c(c1)COC2. The first-order chi connectivity index (χ1) is 7.16. The molecule has 0 saturated heterocycles. The number of hydrogen-bond acceptors (Lipinski definition) is 2. The summed E-state index contributed by atoms with van der Waals surface area (Å²) in [6.45, 7) is 5.15. The van der Waals surface area contributed by atoms with Crippen LogP contribution in [0.2, 0.25) is 0 Å². The van der Waals surface area contributed by atoms with Crippen LogP contribution in [0.25, 0.3) is 0 Å². The first-order valence-electron chi connectivity index (χ1n) is 5.05. The van der Waals surface area contributed by atoms with Crippen molar-refractivity contribution in [1.82, 2.24) is 0 Å². The second-order valence-electron chi connectivity index (χ2n) is 4.06. The van der Waals surface area contributed by atoms with Crippen LogP contribution in [0.5, 0.6) is 0 Å². The molecule has 0 amide bonds. The van der Waals surface area contributed by atoms with Gasteiger partial charge in [-0.25, -0.2) is 0 Å². The smallest absolute Gasteiger partial charge is 0.185 e. The summed E-state index contributed by atoms with van der Waals surface area (Å²) < 4.78 is 5.30. The molecular weight excluding hydrogens is 188 g/mol. The molecule has 0 saturated carbocycles. The van der Waals surface area contributed by atoms with Crippen molar-refractivity contribution in [3.8, 4) is 0 Å². The molecule has 0 bridgehead atoms. The van der Waals surface area contributed by atoms with Gasteiger partial charge < -0.3 is 4.74 Å². The van der Waals surface area contributed by atoms with Crippen molar-refractivity contribution in [2.75, 3.05) is 0 Å². The maximum atomic E-state index is 11.7. The Hall–Kier alpha value is -1.41. The summed E-state index contributed by atoms with van der Waals surface area (Å²) in [5.74, 6) is 0.0738. The van der Waals surface area contributed by atoms with Gasteiger partial charge in [-0.1, -0.05) is 17.7 Å². The molecule has 15 heavy (non-hydrogen) atoms. The van der Waals surface area contributed by atoms with Crippen LogP contribution in [0.15, 0.2) is 29.8 Å². The van der Waals surface area contributed by atoms with E-state index >= 15 is 0 Å². The van der Waals surface area contributed by atoms with Crippen LogP contribution in [0.1, 0.15) is 35.3 Å². The van der Waals surface area contributed by atoms with Gasteiger partial charge in [-0.05, 0) is 37.1 Å². The predicted molar refractivity (Wildman–Crippen MR) is 58.7 cm³/mol. The molecule has 2 rings (SSSR count). The van der Waals surface area contributed by atoms with Crippen molar-refractivity contribution in [1.29, 1.82) is 0 Å². The number of fused-ring (bicyclic) bond motifs is 1. The molecule has 78 valence electrons. The minimum Gasteiger partial charge on any atom is -0.372 e. The lowest BCUT2D eigenvalue weighted by Gasteiger charge is -2.00. The summed E-state index contributed by atoms with van der Waals surface area (Å²) in [5, 5.41) is 0. The first kappa shape index (κ1) is 10.1. The first-order valence-corrected chi connectivity index (χ1v) is 5.05. The Morgan fingerprint density at radius 2 is 2.00 bits per heavy atom. The highest BCUT2D eigenvalue weighted by Crippen LogP contribution is 2.21. The fraction of sp³-hybridized carbons (Fsp3) is 0.308. The molecule has 1 aromatic rings. The van der Waals surface area contributed by atoms with Crippen molar-refractivity contribution < 1.29 is 9.53 Å². The van der Waals surface area contributed by atoms with Crippen molar-refractivity contribution in [3.05, 3.63) is 46.5 Å². The monoisotopic (exact) mass is 202 g/mol. The molecule has 0 aliphatic carbocycles. The van der Waals surface area contributed by atoms with Gasteiger partial charge in [0, 0.05) is 5.56 Å². The molecular formula is C13H14O2. The van der Waals surface area contributed by atoms with E-state index in [1.165, 1.54) is 5.56 Å². The number of rotatable bonds is 2. The third-order valence-corrected chi connectivity index (χ3v) is 2.43. The van der Waals surface area contributed by atoms with E-state index in [0.29, 0.717) is 13.2 Å². The van der Waals surface area contributed by atoms with E-state index in [9.17, 15) is 4.79 Å². The van der Waals surface area contributed by atoms with E-state index in [1.807, 2.05) is 32.0 Å². The lowest BCUT2D eigenvalue weighted by atomic mass is 10.0. The van der Waals surface area contributed by atoms with E-state index in [1.54, 1.807) is 6.08 Å². The van der Waals surface area contributed by atoms with E-state index in [4.69, 9.17) is 4.74 Å². The number of ether oxygens (including phenoxy) is 1. The van der Waals surface area contributed by atoms with Gasteiger partial charge in [0.15, 0.2) is 5.78 Å². The van der Waals surface area contributed by atoms with Gasteiger partial charge in [-0.3, -0.25) is 4.79 Å². The summed E-state index contributed by atoms with van der Waals surface area (Å²) in [5.41, 5.74) is 4.11. The van der Waals surface area contributed by atoms with Crippen LogP contribution >= 0.6 is 0 Å². The Kier molecular flexibility index (Phi) is 2.69. The molecule has 1 aliphatic rings. The Bertz CT molecular complexity index is 426. The van der Waals surface area contributed by atoms with Gasteiger partial charge in [-0.2, -0.15) is 0 Å². The molecule has 0 unspecified atom stereocenters. The summed E-state index contributed by atoms with van der Waals surface area (Å²) in [7, 11) is 0. The van der Waals surface area contributed by atoms with Crippen LogP contribution in [0, 0.1) is 0 Å². The van der Waals surface area contributed by atoms with Crippen LogP contribution < -0.4 is 0 Å². The maximum Gasteiger partial charge on any atom is 0.185 e. The molecule has 1 aliphatic heterocycles. The average molecular weight is 202 g/mol. The summed E-state index contributed by atoms with van der Waals surface area (Å²) >= 11 is 0. The highest BCUT2D eigenvalue weighted by Gasteiger charge is 2.13. The minimum absolute atomic E-state index is 0.0738. The lowest BCUT2D eigenvalue weighted by molar-refractivity contribution is 0.104. The third-order valence-electron chi connectivity index (χ3n) is 2.43. The Morgan fingerprint density at radius 1 is 1.27 bits per heavy atom. The van der Waals surface area contributed by atoms with E-state index < -0.39 is 0 Å². The van der Waals surface area contributed by atoms with Crippen molar-refractivity contribution in [3.63, 3.8) is 0 Å². The zero-order valence-corrected chi connectivity index (χ0v) is 9.04. The summed E-state index contributed by atoms with van der Waals surface area (Å²) in [6, 6.07) is 5.79. The zero-order chi connectivity index (χ0) is 10.8. The largest absolute Gasteiger partial charge is 0.372 e. The number of benzene rings is 1. The summed E-state index contributed by atoms with van der Waals surface area (Å²) in [6.07, 6.45) is 1.66. The van der Waals surface area contributed by atoms with E-state index in [-0.39, 0.29) is 5.78 Å². The van der Waals surface area contributed by atoms with E-state index in [2.05, 4.69) is 0 Å². The highest BCUT2D eigenvalue weighted by molar-refractivity contribution is 6.05.